The summed E-state index contributed by atoms with van der Waals surface area (Å²) in [4.78, 5) is 32.7. The Balaban J connectivity index is 1.89. The van der Waals surface area contributed by atoms with Crippen molar-refractivity contribution in [3.63, 3.8) is 0 Å². The summed E-state index contributed by atoms with van der Waals surface area (Å²) in [5.41, 5.74) is -3.23. The molecule has 210 valence electrons. The lowest BCUT2D eigenvalue weighted by Gasteiger charge is -2.35. The predicted octanol–water partition coefficient (Wildman–Crippen LogP) is 4.82. The second-order valence-electron chi connectivity index (χ2n) is 9.30. The monoisotopic (exact) mass is 548 g/mol. The van der Waals surface area contributed by atoms with E-state index in [4.69, 9.17) is 4.74 Å². The van der Waals surface area contributed by atoms with Gasteiger partial charge in [-0.2, -0.15) is 26.3 Å². The van der Waals surface area contributed by atoms with Gasteiger partial charge in [0.25, 0.3) is 5.91 Å². The third-order valence-electron chi connectivity index (χ3n) is 6.80. The van der Waals surface area contributed by atoms with Crippen LogP contribution in [-0.2, 0) is 26.7 Å². The van der Waals surface area contributed by atoms with Crippen LogP contribution in [0.25, 0.3) is 0 Å². The Kier molecular flexibility index (Phi) is 8.79. The van der Waals surface area contributed by atoms with E-state index in [0.717, 1.165) is 12.8 Å². The standard InChI is InChI=1S/C25H30F6N4O3/c1-5-19(17-12-32-21(25(29,30)31)11-18(17)24(26,27)28)33-22(36)15(3)20-13-38-10-9-35(20)16(4)23(37)34-8-6-7-14(34)2/h11-12,14,19H,4-10,13H2,1-3H3,(H,33,36)/b20-15+/t14-,19-/m0/s1. The first-order chi connectivity index (χ1) is 17.7. The number of hydrogen-bond donors (Lipinski definition) is 1. The number of nitrogens with one attached hydrogen (secondary N) is 1. The summed E-state index contributed by atoms with van der Waals surface area (Å²) in [7, 11) is 0. The molecule has 0 aliphatic carbocycles. The van der Waals surface area contributed by atoms with Gasteiger partial charge in [0.1, 0.15) is 5.69 Å². The second kappa shape index (κ2) is 11.3. The van der Waals surface area contributed by atoms with Gasteiger partial charge in [0.2, 0.25) is 5.91 Å². The summed E-state index contributed by atoms with van der Waals surface area (Å²) in [6.07, 6.45) is -8.00. The minimum absolute atomic E-state index is 0.0342. The zero-order chi connectivity index (χ0) is 28.4. The van der Waals surface area contributed by atoms with Crippen LogP contribution in [0.15, 0.2) is 35.8 Å². The molecule has 2 aliphatic heterocycles. The van der Waals surface area contributed by atoms with E-state index in [-0.39, 0.29) is 55.5 Å². The Hall–Kier alpha value is -3.09. The number of aromatic nitrogens is 1. The van der Waals surface area contributed by atoms with Crippen molar-refractivity contribution in [2.45, 2.75) is 64.5 Å². The van der Waals surface area contributed by atoms with Crippen LogP contribution in [0.2, 0.25) is 0 Å². The quantitative estimate of drug-likeness (QED) is 0.408. The molecule has 3 rings (SSSR count). The van der Waals surface area contributed by atoms with Crippen LogP contribution in [0.3, 0.4) is 0 Å². The molecular formula is C25H30F6N4O3. The summed E-state index contributed by atoms with van der Waals surface area (Å²) in [6.45, 7) is 9.84. The minimum atomic E-state index is -5.11. The van der Waals surface area contributed by atoms with Crippen LogP contribution in [0.4, 0.5) is 26.3 Å². The Labute approximate surface area is 216 Å². The predicted molar refractivity (Wildman–Crippen MR) is 125 cm³/mol. The van der Waals surface area contributed by atoms with E-state index >= 15 is 0 Å². The highest BCUT2D eigenvalue weighted by Gasteiger charge is 2.41. The molecule has 0 spiro atoms. The summed E-state index contributed by atoms with van der Waals surface area (Å²) < 4.78 is 85.6. The van der Waals surface area contributed by atoms with Crippen molar-refractivity contribution >= 4 is 11.8 Å². The summed E-state index contributed by atoms with van der Waals surface area (Å²) in [6, 6.07) is -1.29. The maximum absolute atomic E-state index is 13.7. The number of nitrogens with zero attached hydrogens (tertiary/aromatic N) is 3. The fourth-order valence-electron chi connectivity index (χ4n) is 4.60. The van der Waals surface area contributed by atoms with Crippen molar-refractivity contribution in [2.75, 3.05) is 26.3 Å². The van der Waals surface area contributed by atoms with Crippen LogP contribution >= 0.6 is 0 Å². The van der Waals surface area contributed by atoms with Gasteiger partial charge in [-0.25, -0.2) is 0 Å². The summed E-state index contributed by atoms with van der Waals surface area (Å²) in [5.74, 6) is -1.04. The minimum Gasteiger partial charge on any atom is -0.373 e. The smallest absolute Gasteiger partial charge is 0.373 e. The number of hydrogen-bond acceptors (Lipinski definition) is 5. The molecule has 2 amide bonds. The molecule has 38 heavy (non-hydrogen) atoms. The van der Waals surface area contributed by atoms with E-state index in [1.807, 2.05) is 6.92 Å². The van der Waals surface area contributed by atoms with Crippen LogP contribution < -0.4 is 5.32 Å². The molecule has 13 heteroatoms. The number of amides is 2. The SMILES string of the molecule is C=C(C(=O)N1CCC[C@@H]1C)N1CCOC/C1=C(/C)C(=O)N[C@@H](CC)c1cnc(C(F)(F)F)cc1C(F)(F)F. The number of likely N-dealkylation sites (tertiary alicyclic amines) is 1. The van der Waals surface area contributed by atoms with Gasteiger partial charge in [-0.1, -0.05) is 13.5 Å². The molecule has 3 heterocycles. The van der Waals surface area contributed by atoms with Crippen molar-refractivity contribution < 1.29 is 40.7 Å². The van der Waals surface area contributed by atoms with Crippen LogP contribution in [0.5, 0.6) is 0 Å². The van der Waals surface area contributed by atoms with E-state index in [9.17, 15) is 35.9 Å². The van der Waals surface area contributed by atoms with Crippen LogP contribution in [0, 0.1) is 0 Å². The number of carbonyl (C=O) groups is 2. The third kappa shape index (κ3) is 6.30. The van der Waals surface area contributed by atoms with Crippen molar-refractivity contribution in [3.05, 3.63) is 52.6 Å². The molecule has 0 radical (unpaired) electrons. The molecular weight excluding hydrogens is 518 g/mol. The number of rotatable bonds is 6. The van der Waals surface area contributed by atoms with E-state index < -0.39 is 41.1 Å². The van der Waals surface area contributed by atoms with Gasteiger partial charge in [0.15, 0.2) is 0 Å². The Morgan fingerprint density at radius 3 is 2.45 bits per heavy atom. The van der Waals surface area contributed by atoms with Crippen LogP contribution in [0.1, 0.15) is 62.9 Å². The fourth-order valence-corrected chi connectivity index (χ4v) is 4.60. The van der Waals surface area contributed by atoms with Crippen molar-refractivity contribution in [2.24, 2.45) is 0 Å². The first-order valence-electron chi connectivity index (χ1n) is 12.2. The number of pyridine rings is 1. The molecule has 0 saturated carbocycles. The zero-order valence-corrected chi connectivity index (χ0v) is 21.3. The highest BCUT2D eigenvalue weighted by Crippen LogP contribution is 2.38. The fraction of sp³-hybridized carbons (Fsp3) is 0.560. The van der Waals surface area contributed by atoms with Gasteiger partial charge in [0, 0.05) is 36.5 Å². The van der Waals surface area contributed by atoms with E-state index in [1.54, 1.807) is 9.80 Å². The zero-order valence-electron chi connectivity index (χ0n) is 21.3. The van der Waals surface area contributed by atoms with E-state index in [2.05, 4.69) is 16.9 Å². The molecule has 1 N–H and O–H groups in total. The van der Waals surface area contributed by atoms with Gasteiger partial charge in [0.05, 0.1) is 36.2 Å². The van der Waals surface area contributed by atoms with Gasteiger partial charge in [-0.05, 0) is 39.2 Å². The van der Waals surface area contributed by atoms with Gasteiger partial charge >= 0.3 is 12.4 Å². The van der Waals surface area contributed by atoms with Gasteiger partial charge in [-0.15, -0.1) is 0 Å². The summed E-state index contributed by atoms with van der Waals surface area (Å²) in [5, 5.41) is 2.48. The van der Waals surface area contributed by atoms with Crippen molar-refractivity contribution in [3.8, 4) is 0 Å². The van der Waals surface area contributed by atoms with Crippen LogP contribution in [-0.4, -0.2) is 58.9 Å². The maximum atomic E-state index is 13.7. The topological polar surface area (TPSA) is 74.8 Å². The molecule has 2 fully saturated rings. The highest BCUT2D eigenvalue weighted by molar-refractivity contribution is 5.96. The average Bonchev–Trinajstić information content (AvgIpc) is 3.30. The molecule has 2 saturated heterocycles. The number of carbonyl (C=O) groups excluding carboxylic acids is 2. The second-order valence-corrected chi connectivity index (χ2v) is 9.30. The Morgan fingerprint density at radius 1 is 1.21 bits per heavy atom. The Morgan fingerprint density at radius 2 is 1.89 bits per heavy atom. The molecule has 1 aromatic rings. The first kappa shape index (κ1) is 29.5. The largest absolute Gasteiger partial charge is 0.433 e. The maximum Gasteiger partial charge on any atom is 0.433 e. The lowest BCUT2D eigenvalue weighted by Crippen LogP contribution is -2.44. The number of ether oxygens (including phenoxy) is 1. The highest BCUT2D eigenvalue weighted by atomic mass is 19.4. The average molecular weight is 549 g/mol. The molecule has 0 bridgehead atoms. The van der Waals surface area contributed by atoms with E-state index in [0.29, 0.717) is 18.4 Å². The molecule has 0 unspecified atom stereocenters. The van der Waals surface area contributed by atoms with Gasteiger partial charge in [-0.3, -0.25) is 14.6 Å². The van der Waals surface area contributed by atoms with Crippen molar-refractivity contribution in [1.82, 2.24) is 20.1 Å². The number of halogens is 6. The number of alkyl halides is 6. The Bertz CT molecular complexity index is 1120. The molecule has 0 aromatic carbocycles. The number of morpholine rings is 1. The summed E-state index contributed by atoms with van der Waals surface area (Å²) >= 11 is 0. The third-order valence-corrected chi connectivity index (χ3v) is 6.80. The molecule has 2 atom stereocenters. The first-order valence-corrected chi connectivity index (χ1v) is 12.2. The lowest BCUT2D eigenvalue weighted by molar-refractivity contribution is -0.146. The molecule has 1 aromatic heterocycles. The molecule has 7 nitrogen and oxygen atoms in total. The molecule has 2 aliphatic rings. The normalized spacial score (nSPS) is 20.8. The van der Waals surface area contributed by atoms with Gasteiger partial charge < -0.3 is 19.9 Å². The van der Waals surface area contributed by atoms with Crippen molar-refractivity contribution in [1.29, 1.82) is 0 Å². The lowest BCUT2D eigenvalue weighted by atomic mass is 9.98. The van der Waals surface area contributed by atoms with E-state index in [1.165, 1.54) is 13.8 Å².